The minimum absolute atomic E-state index is 0.252. The Bertz CT molecular complexity index is 331. The van der Waals surface area contributed by atoms with Crippen molar-refractivity contribution in [1.29, 1.82) is 0 Å². The second kappa shape index (κ2) is 7.39. The minimum atomic E-state index is -3.47. The highest BCUT2D eigenvalue weighted by Gasteiger charge is 2.46. The Labute approximate surface area is 114 Å². The van der Waals surface area contributed by atoms with Gasteiger partial charge in [-0.25, -0.2) is 9.65 Å². The largest absolute Gasteiger partial charge is 0.468 e. The predicted molar refractivity (Wildman–Crippen MR) is 71.8 cm³/mol. The van der Waals surface area contributed by atoms with Gasteiger partial charge in [-0.1, -0.05) is 19.3 Å². The van der Waals surface area contributed by atoms with Crippen molar-refractivity contribution in [3.05, 3.63) is 0 Å². The van der Waals surface area contributed by atoms with Gasteiger partial charge in [0.2, 0.25) is 0 Å². The lowest BCUT2D eigenvalue weighted by Crippen LogP contribution is -2.52. The summed E-state index contributed by atoms with van der Waals surface area (Å²) in [6.07, 6.45) is 4.02. The lowest BCUT2D eigenvalue weighted by molar-refractivity contribution is -0.149. The summed E-state index contributed by atoms with van der Waals surface area (Å²) in [5, 5.41) is 2.83. The maximum absolute atomic E-state index is 12.5. The van der Waals surface area contributed by atoms with Gasteiger partial charge in [0.15, 0.2) is 0 Å². The third-order valence-corrected chi connectivity index (χ3v) is 5.13. The maximum atomic E-state index is 12.5. The molecule has 0 aromatic heterocycles. The van der Waals surface area contributed by atoms with E-state index in [2.05, 4.69) is 5.09 Å². The van der Waals surface area contributed by atoms with E-state index in [-0.39, 0.29) is 13.2 Å². The molecule has 0 amide bonds. The molecule has 1 rings (SSSR count). The van der Waals surface area contributed by atoms with Crippen LogP contribution >= 0.6 is 7.75 Å². The molecule has 0 atom stereocenters. The molecule has 0 unspecified atom stereocenters. The van der Waals surface area contributed by atoms with Gasteiger partial charge in [0.25, 0.3) is 0 Å². The van der Waals surface area contributed by atoms with Gasteiger partial charge in [0, 0.05) is 0 Å². The molecule has 1 aliphatic carbocycles. The van der Waals surface area contributed by atoms with Crippen molar-refractivity contribution in [1.82, 2.24) is 5.09 Å². The van der Waals surface area contributed by atoms with Crippen LogP contribution in [0.25, 0.3) is 0 Å². The van der Waals surface area contributed by atoms with Crippen LogP contribution in [0.4, 0.5) is 0 Å². The lowest BCUT2D eigenvalue weighted by atomic mass is 9.83. The molecule has 0 bridgehead atoms. The highest BCUT2D eigenvalue weighted by atomic mass is 31.2. The van der Waals surface area contributed by atoms with Crippen molar-refractivity contribution in [3.8, 4) is 0 Å². The van der Waals surface area contributed by atoms with Crippen LogP contribution in [-0.4, -0.2) is 31.8 Å². The fraction of sp³-hybridized carbons (Fsp3) is 0.917. The molecule has 1 N–H and O–H groups in total. The third-order valence-electron chi connectivity index (χ3n) is 3.23. The average molecular weight is 293 g/mol. The molecule has 0 heterocycles. The number of rotatable bonds is 7. The lowest BCUT2D eigenvalue weighted by Gasteiger charge is -2.37. The molecule has 0 aromatic rings. The summed E-state index contributed by atoms with van der Waals surface area (Å²) in [4.78, 5) is 12.1. The van der Waals surface area contributed by atoms with Gasteiger partial charge in [0.05, 0.1) is 20.3 Å². The zero-order valence-corrected chi connectivity index (χ0v) is 12.8. The van der Waals surface area contributed by atoms with Gasteiger partial charge in [-0.2, -0.15) is 0 Å². The van der Waals surface area contributed by atoms with E-state index < -0.39 is 19.3 Å². The molecule has 0 radical (unpaired) electrons. The second-order valence-corrected chi connectivity index (χ2v) is 6.31. The van der Waals surface area contributed by atoms with Gasteiger partial charge in [-0.15, -0.1) is 0 Å². The summed E-state index contributed by atoms with van der Waals surface area (Å²) in [5.41, 5.74) is -0.952. The number of nitrogens with one attached hydrogen (secondary N) is 1. The standard InChI is InChI=1S/C12H24NO5P/c1-4-17-19(15,18-5-2)13-12(11(14)16-3)9-7-6-8-10-12/h4-10H2,1-3H3,(H,13,15). The Morgan fingerprint density at radius 3 is 2.11 bits per heavy atom. The molecule has 112 valence electrons. The Balaban J connectivity index is 2.91. The Morgan fingerprint density at radius 1 is 1.16 bits per heavy atom. The molecule has 19 heavy (non-hydrogen) atoms. The molecule has 0 spiro atoms. The van der Waals surface area contributed by atoms with E-state index in [0.29, 0.717) is 12.8 Å². The monoisotopic (exact) mass is 293 g/mol. The van der Waals surface area contributed by atoms with Crippen LogP contribution in [0.2, 0.25) is 0 Å². The Hall–Kier alpha value is -0.420. The number of esters is 1. The van der Waals surface area contributed by atoms with Gasteiger partial charge < -0.3 is 4.74 Å². The molecule has 7 heteroatoms. The first-order valence-corrected chi connectivity index (χ1v) is 8.33. The highest BCUT2D eigenvalue weighted by Crippen LogP contribution is 2.48. The van der Waals surface area contributed by atoms with Crippen LogP contribution in [0.3, 0.4) is 0 Å². The zero-order valence-electron chi connectivity index (χ0n) is 11.9. The minimum Gasteiger partial charge on any atom is -0.468 e. The Kier molecular flexibility index (Phi) is 6.47. The summed E-state index contributed by atoms with van der Waals surface area (Å²) in [5.74, 6) is -0.396. The summed E-state index contributed by atoms with van der Waals surface area (Å²) in [6.45, 7) is 3.97. The first kappa shape index (κ1) is 16.6. The number of carbonyl (C=O) groups is 1. The van der Waals surface area contributed by atoms with Crippen molar-refractivity contribution >= 4 is 13.7 Å². The van der Waals surface area contributed by atoms with Gasteiger partial charge in [0.1, 0.15) is 5.54 Å². The van der Waals surface area contributed by atoms with Crippen molar-refractivity contribution in [2.45, 2.75) is 51.5 Å². The van der Waals surface area contributed by atoms with E-state index in [0.717, 1.165) is 19.3 Å². The SMILES string of the molecule is CCOP(=O)(NC1(C(=O)OC)CCCCC1)OCC. The van der Waals surface area contributed by atoms with Gasteiger partial charge >= 0.3 is 13.7 Å². The van der Waals surface area contributed by atoms with Gasteiger partial charge in [-0.3, -0.25) is 13.8 Å². The normalized spacial score (nSPS) is 19.1. The molecule has 1 fully saturated rings. The van der Waals surface area contributed by atoms with Crippen LogP contribution in [0.15, 0.2) is 0 Å². The molecule has 0 saturated heterocycles. The van der Waals surface area contributed by atoms with E-state index in [1.807, 2.05) is 0 Å². The summed E-state index contributed by atoms with van der Waals surface area (Å²) in [6, 6.07) is 0. The highest BCUT2D eigenvalue weighted by molar-refractivity contribution is 7.51. The summed E-state index contributed by atoms with van der Waals surface area (Å²) in [7, 11) is -2.13. The van der Waals surface area contributed by atoms with Crippen molar-refractivity contribution in [2.24, 2.45) is 0 Å². The zero-order chi connectivity index (χ0) is 14.4. The first-order chi connectivity index (χ1) is 9.02. The summed E-state index contributed by atoms with van der Waals surface area (Å²) >= 11 is 0. The van der Waals surface area contributed by atoms with E-state index >= 15 is 0 Å². The summed E-state index contributed by atoms with van der Waals surface area (Å²) < 4.78 is 27.8. The molecule has 0 aromatic carbocycles. The quantitative estimate of drug-likeness (QED) is 0.574. The van der Waals surface area contributed by atoms with E-state index in [4.69, 9.17) is 13.8 Å². The predicted octanol–water partition coefficient (Wildman–Crippen LogP) is 2.63. The van der Waals surface area contributed by atoms with Crippen molar-refractivity contribution < 1.29 is 23.1 Å². The van der Waals surface area contributed by atoms with Crippen LogP contribution in [-0.2, 0) is 23.1 Å². The number of hydrogen-bond donors (Lipinski definition) is 1. The smallest absolute Gasteiger partial charge is 0.406 e. The number of methoxy groups -OCH3 is 1. The molecule has 1 aliphatic rings. The fourth-order valence-electron chi connectivity index (χ4n) is 2.42. The van der Waals surface area contributed by atoms with Crippen LogP contribution in [0.1, 0.15) is 46.0 Å². The van der Waals surface area contributed by atoms with E-state index in [9.17, 15) is 9.36 Å². The molecule has 0 aliphatic heterocycles. The van der Waals surface area contributed by atoms with Gasteiger partial charge in [-0.05, 0) is 26.7 Å². The van der Waals surface area contributed by atoms with Crippen LogP contribution in [0, 0.1) is 0 Å². The molecule has 1 saturated carbocycles. The average Bonchev–Trinajstić information content (AvgIpc) is 2.39. The molecular formula is C12H24NO5P. The Morgan fingerprint density at radius 2 is 1.68 bits per heavy atom. The number of hydrogen-bond acceptors (Lipinski definition) is 5. The van der Waals surface area contributed by atoms with E-state index in [1.54, 1.807) is 13.8 Å². The fourth-order valence-corrected chi connectivity index (χ4v) is 4.14. The molecule has 6 nitrogen and oxygen atoms in total. The third kappa shape index (κ3) is 4.28. The first-order valence-electron chi connectivity index (χ1n) is 6.79. The second-order valence-electron chi connectivity index (χ2n) is 4.58. The number of ether oxygens (including phenoxy) is 1. The topological polar surface area (TPSA) is 73.9 Å². The van der Waals surface area contributed by atoms with E-state index in [1.165, 1.54) is 7.11 Å². The van der Waals surface area contributed by atoms with Crippen LogP contribution < -0.4 is 5.09 Å². The van der Waals surface area contributed by atoms with Crippen molar-refractivity contribution in [3.63, 3.8) is 0 Å². The maximum Gasteiger partial charge on any atom is 0.406 e. The van der Waals surface area contributed by atoms with Crippen molar-refractivity contribution in [2.75, 3.05) is 20.3 Å². The van der Waals surface area contributed by atoms with Crippen LogP contribution in [0.5, 0.6) is 0 Å². The number of carbonyl (C=O) groups excluding carboxylic acids is 1. The molecular weight excluding hydrogens is 269 g/mol.